The summed E-state index contributed by atoms with van der Waals surface area (Å²) in [4.78, 5) is 14.3. The fourth-order valence-electron chi connectivity index (χ4n) is 2.10. The van der Waals surface area contributed by atoms with Crippen molar-refractivity contribution in [2.45, 2.75) is 46.6 Å². The molecule has 1 aliphatic rings. The predicted molar refractivity (Wildman–Crippen MR) is 62.4 cm³/mol. The molecule has 1 amide bonds. The number of nitrogens with two attached hydrogens (primary N) is 1. The summed E-state index contributed by atoms with van der Waals surface area (Å²) in [5.41, 5.74) is 5.24. The summed E-state index contributed by atoms with van der Waals surface area (Å²) in [6.07, 6.45) is 2.35. The van der Waals surface area contributed by atoms with Crippen LogP contribution in [0.2, 0.25) is 0 Å². The van der Waals surface area contributed by atoms with Crippen molar-refractivity contribution in [3.63, 3.8) is 0 Å². The summed E-state index contributed by atoms with van der Waals surface area (Å²) >= 11 is 0. The molecule has 0 aliphatic carbocycles. The first kappa shape index (κ1) is 12.5. The highest BCUT2D eigenvalue weighted by Gasteiger charge is 2.36. The molecule has 0 radical (unpaired) electrons. The second-order valence-electron chi connectivity index (χ2n) is 5.45. The maximum Gasteiger partial charge on any atom is 0.229 e. The molecule has 0 spiro atoms. The molecule has 2 atom stereocenters. The molecular weight excluding hydrogens is 188 g/mol. The van der Waals surface area contributed by atoms with E-state index in [0.717, 1.165) is 13.0 Å². The summed E-state index contributed by atoms with van der Waals surface area (Å²) in [5, 5.41) is 0. The second-order valence-corrected chi connectivity index (χ2v) is 5.45. The van der Waals surface area contributed by atoms with Gasteiger partial charge in [-0.25, -0.2) is 0 Å². The number of amides is 1. The van der Waals surface area contributed by atoms with Crippen LogP contribution in [0.1, 0.15) is 40.5 Å². The van der Waals surface area contributed by atoms with E-state index < -0.39 is 5.41 Å². The molecular formula is C12H24N2O. The normalized spacial score (nSPS) is 27.9. The van der Waals surface area contributed by atoms with E-state index in [4.69, 9.17) is 5.73 Å². The van der Waals surface area contributed by atoms with E-state index in [1.165, 1.54) is 6.42 Å². The van der Waals surface area contributed by atoms with Gasteiger partial charge in [0.15, 0.2) is 0 Å². The average molecular weight is 212 g/mol. The molecule has 1 aliphatic heterocycles. The van der Waals surface area contributed by atoms with Crippen LogP contribution >= 0.6 is 0 Å². The highest BCUT2D eigenvalue weighted by atomic mass is 16.2. The van der Waals surface area contributed by atoms with Crippen LogP contribution in [0.15, 0.2) is 0 Å². The molecule has 1 rings (SSSR count). The van der Waals surface area contributed by atoms with Gasteiger partial charge in [0.2, 0.25) is 5.91 Å². The van der Waals surface area contributed by atoms with Crippen LogP contribution in [0.4, 0.5) is 0 Å². The van der Waals surface area contributed by atoms with Gasteiger partial charge in [0, 0.05) is 19.1 Å². The Hall–Kier alpha value is -0.570. The standard InChI is InChI=1S/C12H24N2O/c1-9-6-5-7-14(10(9)2)11(15)12(3,4)8-13/h9-10H,5-8,13H2,1-4H3. The molecule has 0 saturated carbocycles. The van der Waals surface area contributed by atoms with Gasteiger partial charge in [0.25, 0.3) is 0 Å². The Labute approximate surface area is 93.0 Å². The minimum atomic E-state index is -0.411. The predicted octanol–water partition coefficient (Wildman–Crippen LogP) is 1.62. The number of hydrogen-bond acceptors (Lipinski definition) is 2. The fourth-order valence-corrected chi connectivity index (χ4v) is 2.10. The van der Waals surface area contributed by atoms with Crippen molar-refractivity contribution in [2.75, 3.05) is 13.1 Å². The van der Waals surface area contributed by atoms with E-state index >= 15 is 0 Å². The third-order valence-electron chi connectivity index (χ3n) is 3.72. The van der Waals surface area contributed by atoms with Crippen LogP contribution in [-0.4, -0.2) is 29.9 Å². The van der Waals surface area contributed by atoms with Crippen LogP contribution < -0.4 is 5.73 Å². The highest BCUT2D eigenvalue weighted by molar-refractivity contribution is 5.82. The lowest BCUT2D eigenvalue weighted by Gasteiger charge is -2.41. The molecule has 2 N–H and O–H groups in total. The minimum absolute atomic E-state index is 0.212. The first-order valence-corrected chi connectivity index (χ1v) is 5.91. The largest absolute Gasteiger partial charge is 0.339 e. The SMILES string of the molecule is CC1CCCN(C(=O)C(C)(C)CN)C1C. The van der Waals surface area contributed by atoms with Crippen LogP contribution in [0.3, 0.4) is 0 Å². The highest BCUT2D eigenvalue weighted by Crippen LogP contribution is 2.27. The minimum Gasteiger partial charge on any atom is -0.339 e. The van der Waals surface area contributed by atoms with E-state index in [9.17, 15) is 4.79 Å². The van der Waals surface area contributed by atoms with Gasteiger partial charge in [0.05, 0.1) is 5.41 Å². The lowest BCUT2D eigenvalue weighted by Crippen LogP contribution is -2.52. The third kappa shape index (κ3) is 2.51. The van der Waals surface area contributed by atoms with Gasteiger partial charge in [-0.05, 0) is 39.5 Å². The monoisotopic (exact) mass is 212 g/mol. The van der Waals surface area contributed by atoms with Gasteiger partial charge in [-0.2, -0.15) is 0 Å². The van der Waals surface area contributed by atoms with Crippen LogP contribution in [0.25, 0.3) is 0 Å². The number of nitrogens with zero attached hydrogens (tertiary/aromatic N) is 1. The topological polar surface area (TPSA) is 46.3 Å². The van der Waals surface area contributed by atoms with E-state index in [1.54, 1.807) is 0 Å². The third-order valence-corrected chi connectivity index (χ3v) is 3.72. The molecule has 0 bridgehead atoms. The Morgan fingerprint density at radius 1 is 1.47 bits per heavy atom. The van der Waals surface area contributed by atoms with E-state index in [-0.39, 0.29) is 5.91 Å². The molecule has 1 fully saturated rings. The van der Waals surface area contributed by atoms with Crippen molar-refractivity contribution < 1.29 is 4.79 Å². The zero-order valence-electron chi connectivity index (χ0n) is 10.4. The Bertz CT molecular complexity index is 238. The van der Waals surface area contributed by atoms with Crippen LogP contribution in [0.5, 0.6) is 0 Å². The molecule has 3 nitrogen and oxygen atoms in total. The number of likely N-dealkylation sites (tertiary alicyclic amines) is 1. The smallest absolute Gasteiger partial charge is 0.229 e. The molecule has 1 heterocycles. The van der Waals surface area contributed by atoms with Crippen molar-refractivity contribution in [3.05, 3.63) is 0 Å². The van der Waals surface area contributed by atoms with Gasteiger partial charge in [0.1, 0.15) is 0 Å². The molecule has 0 aromatic rings. The van der Waals surface area contributed by atoms with E-state index in [2.05, 4.69) is 13.8 Å². The Morgan fingerprint density at radius 3 is 2.60 bits per heavy atom. The summed E-state index contributed by atoms with van der Waals surface area (Å²) in [6.45, 7) is 9.55. The van der Waals surface area contributed by atoms with Crippen molar-refractivity contribution in [3.8, 4) is 0 Å². The molecule has 2 unspecified atom stereocenters. The number of piperidine rings is 1. The van der Waals surface area contributed by atoms with Gasteiger partial charge < -0.3 is 10.6 Å². The van der Waals surface area contributed by atoms with E-state index in [0.29, 0.717) is 18.5 Å². The first-order valence-electron chi connectivity index (χ1n) is 5.91. The lowest BCUT2D eigenvalue weighted by molar-refractivity contribution is -0.144. The molecule has 15 heavy (non-hydrogen) atoms. The second kappa shape index (κ2) is 4.52. The van der Waals surface area contributed by atoms with Crippen molar-refractivity contribution in [1.82, 2.24) is 4.90 Å². The number of carbonyl (C=O) groups is 1. The van der Waals surface area contributed by atoms with E-state index in [1.807, 2.05) is 18.7 Å². The molecule has 0 aromatic heterocycles. The Kier molecular flexibility index (Phi) is 3.77. The molecule has 1 saturated heterocycles. The van der Waals surface area contributed by atoms with Crippen molar-refractivity contribution >= 4 is 5.91 Å². The van der Waals surface area contributed by atoms with Crippen molar-refractivity contribution in [2.24, 2.45) is 17.1 Å². The summed E-state index contributed by atoms with van der Waals surface area (Å²) in [7, 11) is 0. The summed E-state index contributed by atoms with van der Waals surface area (Å²) in [6, 6.07) is 0.358. The average Bonchev–Trinajstić information content (AvgIpc) is 2.21. The van der Waals surface area contributed by atoms with Gasteiger partial charge in [-0.1, -0.05) is 6.92 Å². The summed E-state index contributed by atoms with van der Waals surface area (Å²) < 4.78 is 0. The zero-order chi connectivity index (χ0) is 11.6. The maximum atomic E-state index is 12.3. The van der Waals surface area contributed by atoms with Crippen LogP contribution in [-0.2, 0) is 4.79 Å². The number of hydrogen-bond donors (Lipinski definition) is 1. The van der Waals surface area contributed by atoms with Gasteiger partial charge in [-0.3, -0.25) is 4.79 Å². The lowest BCUT2D eigenvalue weighted by atomic mass is 9.86. The molecule has 0 aromatic carbocycles. The molecule has 88 valence electrons. The van der Waals surface area contributed by atoms with Crippen molar-refractivity contribution in [1.29, 1.82) is 0 Å². The number of carbonyl (C=O) groups excluding carboxylic acids is 1. The molecule has 3 heteroatoms. The summed E-state index contributed by atoms with van der Waals surface area (Å²) in [5.74, 6) is 0.820. The Balaban J connectivity index is 2.74. The van der Waals surface area contributed by atoms with Gasteiger partial charge in [-0.15, -0.1) is 0 Å². The maximum absolute atomic E-state index is 12.3. The fraction of sp³-hybridized carbons (Fsp3) is 0.917. The zero-order valence-corrected chi connectivity index (χ0v) is 10.4. The Morgan fingerprint density at radius 2 is 2.07 bits per heavy atom. The van der Waals surface area contributed by atoms with Crippen LogP contribution in [0, 0.1) is 11.3 Å². The van der Waals surface area contributed by atoms with Gasteiger partial charge >= 0.3 is 0 Å². The number of rotatable bonds is 2. The quantitative estimate of drug-likeness (QED) is 0.756. The first-order chi connectivity index (χ1) is 6.90.